The first-order valence-corrected chi connectivity index (χ1v) is 7.20. The molecule has 0 N–H and O–H groups in total. The Morgan fingerprint density at radius 1 is 1.26 bits per heavy atom. The maximum absolute atomic E-state index is 4.65. The Morgan fingerprint density at radius 3 is 2.47 bits per heavy atom. The van der Waals surface area contributed by atoms with Gasteiger partial charge >= 0.3 is 0 Å². The molecule has 1 saturated heterocycles. The molecule has 106 valence electrons. The lowest BCUT2D eigenvalue weighted by molar-refractivity contribution is 0.199. The predicted octanol–water partition coefficient (Wildman–Crippen LogP) is 2.26. The fraction of sp³-hybridized carbons (Fsp3) is 0.733. The Bertz CT molecular complexity index is 422. The van der Waals surface area contributed by atoms with Gasteiger partial charge in [0.1, 0.15) is 5.82 Å². The van der Waals surface area contributed by atoms with Gasteiger partial charge in [0.25, 0.3) is 0 Å². The van der Waals surface area contributed by atoms with Crippen molar-refractivity contribution in [2.45, 2.75) is 39.7 Å². The molecule has 4 nitrogen and oxygen atoms in total. The minimum absolute atomic E-state index is 0.659. The quantitative estimate of drug-likeness (QED) is 0.836. The van der Waals surface area contributed by atoms with E-state index in [1.807, 2.05) is 13.1 Å². The van der Waals surface area contributed by atoms with Crippen LogP contribution in [0.25, 0.3) is 0 Å². The highest BCUT2D eigenvalue weighted by molar-refractivity contribution is 5.43. The van der Waals surface area contributed by atoms with Gasteiger partial charge < -0.3 is 9.80 Å². The summed E-state index contributed by atoms with van der Waals surface area (Å²) in [6, 6.07) is 0.659. The smallest absolute Gasteiger partial charge is 0.150 e. The lowest BCUT2D eigenvalue weighted by Gasteiger charge is -2.38. The van der Waals surface area contributed by atoms with E-state index in [-0.39, 0.29) is 0 Å². The topological polar surface area (TPSA) is 32.3 Å². The van der Waals surface area contributed by atoms with Gasteiger partial charge in [-0.1, -0.05) is 0 Å². The van der Waals surface area contributed by atoms with Crippen LogP contribution in [0.4, 0.5) is 5.82 Å². The summed E-state index contributed by atoms with van der Waals surface area (Å²) in [7, 11) is 4.35. The molecule has 1 aromatic heterocycles. The van der Waals surface area contributed by atoms with Crippen molar-refractivity contribution in [3.8, 4) is 0 Å². The highest BCUT2D eigenvalue weighted by Crippen LogP contribution is 2.26. The van der Waals surface area contributed by atoms with Gasteiger partial charge in [-0.05, 0) is 53.6 Å². The number of hydrogen-bond donors (Lipinski definition) is 0. The molecule has 0 radical (unpaired) electrons. The van der Waals surface area contributed by atoms with Crippen molar-refractivity contribution in [2.24, 2.45) is 5.92 Å². The van der Waals surface area contributed by atoms with Crippen LogP contribution in [0, 0.1) is 19.8 Å². The molecule has 2 heterocycles. The number of hydrogen-bond acceptors (Lipinski definition) is 4. The summed E-state index contributed by atoms with van der Waals surface area (Å²) in [6.07, 6.45) is 4.34. The zero-order valence-electron chi connectivity index (χ0n) is 12.8. The van der Waals surface area contributed by atoms with Crippen LogP contribution >= 0.6 is 0 Å². The molecule has 1 aliphatic rings. The molecule has 1 fully saturated rings. The summed E-state index contributed by atoms with van der Waals surface area (Å²) in [5.74, 6) is 1.88. The molecule has 0 saturated carbocycles. The van der Waals surface area contributed by atoms with Crippen LogP contribution in [0.1, 0.15) is 31.2 Å². The fourth-order valence-electron chi connectivity index (χ4n) is 2.84. The molecule has 1 atom stereocenters. The van der Waals surface area contributed by atoms with E-state index < -0.39 is 0 Å². The van der Waals surface area contributed by atoms with Gasteiger partial charge in [0.05, 0.1) is 11.4 Å². The second-order valence-electron chi connectivity index (χ2n) is 5.95. The first-order valence-electron chi connectivity index (χ1n) is 7.20. The number of piperidine rings is 1. The second-order valence-corrected chi connectivity index (χ2v) is 5.95. The first kappa shape index (κ1) is 14.3. The molecule has 0 amide bonds. The Balaban J connectivity index is 2.02. The molecular formula is C15H26N4. The minimum atomic E-state index is 0.659. The maximum atomic E-state index is 4.65. The van der Waals surface area contributed by atoms with Gasteiger partial charge in [0.15, 0.2) is 0 Å². The minimum Gasteiger partial charge on any atom is -0.355 e. The van der Waals surface area contributed by atoms with E-state index in [0.717, 1.165) is 36.2 Å². The number of aromatic nitrogens is 2. The zero-order chi connectivity index (χ0) is 14.0. The molecule has 1 aliphatic heterocycles. The van der Waals surface area contributed by atoms with Crippen molar-refractivity contribution in [1.29, 1.82) is 0 Å². The third-order valence-corrected chi connectivity index (χ3v) is 4.39. The van der Waals surface area contributed by atoms with Gasteiger partial charge in [-0.3, -0.25) is 4.98 Å². The van der Waals surface area contributed by atoms with E-state index in [9.17, 15) is 0 Å². The van der Waals surface area contributed by atoms with Crippen LogP contribution in [0.2, 0.25) is 0 Å². The van der Waals surface area contributed by atoms with Crippen LogP contribution < -0.4 is 4.90 Å². The van der Waals surface area contributed by atoms with E-state index in [4.69, 9.17) is 0 Å². The fourth-order valence-corrected chi connectivity index (χ4v) is 2.84. The zero-order valence-corrected chi connectivity index (χ0v) is 12.8. The monoisotopic (exact) mass is 262 g/mol. The van der Waals surface area contributed by atoms with Gasteiger partial charge in [-0.2, -0.15) is 0 Å². The molecular weight excluding hydrogens is 236 g/mol. The average Bonchev–Trinajstić information content (AvgIpc) is 2.41. The van der Waals surface area contributed by atoms with Crippen molar-refractivity contribution in [2.75, 3.05) is 32.1 Å². The Labute approximate surface area is 116 Å². The Morgan fingerprint density at radius 2 is 1.89 bits per heavy atom. The van der Waals surface area contributed by atoms with Crippen molar-refractivity contribution >= 4 is 5.82 Å². The van der Waals surface area contributed by atoms with Crippen LogP contribution in [-0.4, -0.2) is 48.1 Å². The van der Waals surface area contributed by atoms with Crippen LogP contribution in [0.3, 0.4) is 0 Å². The van der Waals surface area contributed by atoms with E-state index in [1.54, 1.807) is 0 Å². The van der Waals surface area contributed by atoms with Crippen LogP contribution in [-0.2, 0) is 0 Å². The molecule has 2 rings (SSSR count). The standard InChI is InChI=1S/C15H26N4/c1-11-10-16-12(2)15(17-11)19-8-6-14(7-9-19)13(3)18(4)5/h10,13-14H,6-9H2,1-5H3. The molecule has 0 spiro atoms. The van der Waals surface area contributed by atoms with Crippen molar-refractivity contribution in [3.63, 3.8) is 0 Å². The SMILES string of the molecule is Cc1cnc(C)c(N2CCC(C(C)N(C)C)CC2)n1. The number of nitrogens with zero attached hydrogens (tertiary/aromatic N) is 4. The summed E-state index contributed by atoms with van der Waals surface area (Å²) in [5, 5.41) is 0. The van der Waals surface area contributed by atoms with Crippen molar-refractivity contribution in [3.05, 3.63) is 17.6 Å². The maximum Gasteiger partial charge on any atom is 0.150 e. The molecule has 0 bridgehead atoms. The molecule has 4 heteroatoms. The van der Waals surface area contributed by atoms with Crippen molar-refractivity contribution in [1.82, 2.24) is 14.9 Å². The Hall–Kier alpha value is -1.16. The highest BCUT2D eigenvalue weighted by Gasteiger charge is 2.26. The van der Waals surface area contributed by atoms with Gasteiger partial charge in [0, 0.05) is 25.3 Å². The van der Waals surface area contributed by atoms with Gasteiger partial charge in [-0.25, -0.2) is 4.98 Å². The Kier molecular flexibility index (Phi) is 4.40. The lowest BCUT2D eigenvalue weighted by Crippen LogP contribution is -2.42. The van der Waals surface area contributed by atoms with Crippen LogP contribution in [0.15, 0.2) is 6.20 Å². The number of aryl methyl sites for hydroxylation is 2. The summed E-state index contributed by atoms with van der Waals surface area (Å²) in [5.41, 5.74) is 2.05. The van der Waals surface area contributed by atoms with Crippen molar-refractivity contribution < 1.29 is 0 Å². The predicted molar refractivity (Wildman–Crippen MR) is 79.6 cm³/mol. The first-order chi connectivity index (χ1) is 8.99. The summed E-state index contributed by atoms with van der Waals surface area (Å²) >= 11 is 0. The summed E-state index contributed by atoms with van der Waals surface area (Å²) in [4.78, 5) is 13.8. The van der Waals surface area contributed by atoms with Gasteiger partial charge in [0.2, 0.25) is 0 Å². The van der Waals surface area contributed by atoms with E-state index in [2.05, 4.69) is 47.7 Å². The largest absolute Gasteiger partial charge is 0.355 e. The van der Waals surface area contributed by atoms with Crippen LogP contribution in [0.5, 0.6) is 0 Å². The third kappa shape index (κ3) is 3.24. The second kappa shape index (κ2) is 5.87. The number of rotatable bonds is 3. The third-order valence-electron chi connectivity index (χ3n) is 4.39. The summed E-state index contributed by atoms with van der Waals surface area (Å²) in [6.45, 7) is 8.59. The molecule has 19 heavy (non-hydrogen) atoms. The van der Waals surface area contributed by atoms with Gasteiger partial charge in [-0.15, -0.1) is 0 Å². The van der Waals surface area contributed by atoms with E-state index in [1.165, 1.54) is 12.8 Å². The molecule has 0 aromatic carbocycles. The van der Waals surface area contributed by atoms with E-state index in [0.29, 0.717) is 6.04 Å². The highest BCUT2D eigenvalue weighted by atomic mass is 15.2. The lowest BCUT2D eigenvalue weighted by atomic mass is 9.90. The van der Waals surface area contributed by atoms with E-state index >= 15 is 0 Å². The number of anilines is 1. The summed E-state index contributed by atoms with van der Waals surface area (Å²) < 4.78 is 0. The normalized spacial score (nSPS) is 18.9. The molecule has 1 unspecified atom stereocenters. The molecule has 1 aromatic rings. The molecule has 0 aliphatic carbocycles. The average molecular weight is 262 g/mol.